The van der Waals surface area contributed by atoms with Gasteiger partial charge >= 0.3 is 6.03 Å². The zero-order valence-corrected chi connectivity index (χ0v) is 21.0. The molecule has 4 rings (SSSR count). The van der Waals surface area contributed by atoms with E-state index >= 15 is 0 Å². The minimum atomic E-state index is -1.51. The molecular formula is C28H29N3O5. The van der Waals surface area contributed by atoms with Crippen molar-refractivity contribution >= 4 is 23.5 Å². The molecule has 3 aromatic carbocycles. The quantitative estimate of drug-likeness (QED) is 0.490. The van der Waals surface area contributed by atoms with E-state index in [1.54, 1.807) is 62.8 Å². The Kier molecular flexibility index (Phi) is 6.70. The number of aryl methyl sites for hydroxylation is 3. The summed E-state index contributed by atoms with van der Waals surface area (Å²) in [5.74, 6) is 0.213. The van der Waals surface area contributed by atoms with Crippen molar-refractivity contribution < 1.29 is 23.9 Å². The number of carbonyl (C=O) groups excluding carboxylic acids is 3. The predicted molar refractivity (Wildman–Crippen MR) is 136 cm³/mol. The van der Waals surface area contributed by atoms with Crippen molar-refractivity contribution in [3.8, 4) is 11.5 Å². The Labute approximate surface area is 210 Å². The average molecular weight is 488 g/mol. The minimum absolute atomic E-state index is 0.425. The molecule has 8 nitrogen and oxygen atoms in total. The highest BCUT2D eigenvalue weighted by molar-refractivity contribution is 6.12. The first kappa shape index (κ1) is 24.8. The van der Waals surface area contributed by atoms with Crippen LogP contribution in [0.4, 0.5) is 10.5 Å². The molecule has 1 heterocycles. The number of anilines is 1. The lowest BCUT2D eigenvalue weighted by Crippen LogP contribution is -2.45. The summed E-state index contributed by atoms with van der Waals surface area (Å²) in [4.78, 5) is 41.0. The van der Waals surface area contributed by atoms with Gasteiger partial charge in [0.25, 0.3) is 5.91 Å². The van der Waals surface area contributed by atoms with E-state index in [0.717, 1.165) is 21.6 Å². The summed E-state index contributed by atoms with van der Waals surface area (Å²) in [7, 11) is 3.10. The summed E-state index contributed by atoms with van der Waals surface area (Å²) in [5, 5.41) is 5.71. The van der Waals surface area contributed by atoms with Gasteiger partial charge in [0, 0.05) is 5.69 Å². The molecule has 8 heteroatoms. The number of nitrogens with one attached hydrogen (secondary N) is 2. The molecule has 1 aliphatic rings. The van der Waals surface area contributed by atoms with Crippen LogP contribution in [-0.2, 0) is 15.1 Å². The number of hydrogen-bond acceptors (Lipinski definition) is 5. The third-order valence-corrected chi connectivity index (χ3v) is 6.39. The molecule has 1 fully saturated rings. The van der Waals surface area contributed by atoms with Crippen LogP contribution >= 0.6 is 0 Å². The van der Waals surface area contributed by atoms with E-state index < -0.39 is 29.9 Å². The van der Waals surface area contributed by atoms with Gasteiger partial charge < -0.3 is 20.1 Å². The Morgan fingerprint density at radius 2 is 1.33 bits per heavy atom. The van der Waals surface area contributed by atoms with Crippen LogP contribution in [0.2, 0.25) is 0 Å². The SMILES string of the molecule is COc1ccc(C2(c3ccc(OC)cc3)NC(=O)N(CC(=O)Nc3c(C)cc(C)cc3C)C2=O)cc1. The summed E-state index contributed by atoms with van der Waals surface area (Å²) in [5.41, 5.74) is 3.15. The molecule has 0 saturated carbocycles. The second kappa shape index (κ2) is 9.73. The van der Waals surface area contributed by atoms with Crippen LogP contribution in [-0.4, -0.2) is 43.5 Å². The highest BCUT2D eigenvalue weighted by Crippen LogP contribution is 2.37. The number of methoxy groups -OCH3 is 2. The van der Waals surface area contributed by atoms with Crippen LogP contribution in [0.5, 0.6) is 11.5 Å². The van der Waals surface area contributed by atoms with Gasteiger partial charge in [0.15, 0.2) is 5.54 Å². The van der Waals surface area contributed by atoms with Crippen molar-refractivity contribution in [1.82, 2.24) is 10.2 Å². The van der Waals surface area contributed by atoms with E-state index in [0.29, 0.717) is 28.3 Å². The zero-order valence-electron chi connectivity index (χ0n) is 21.0. The van der Waals surface area contributed by atoms with E-state index in [1.807, 2.05) is 32.9 Å². The van der Waals surface area contributed by atoms with E-state index in [2.05, 4.69) is 10.6 Å². The minimum Gasteiger partial charge on any atom is -0.497 e. The van der Waals surface area contributed by atoms with Gasteiger partial charge in [0.05, 0.1) is 14.2 Å². The van der Waals surface area contributed by atoms with E-state index in [-0.39, 0.29) is 0 Å². The maximum Gasteiger partial charge on any atom is 0.326 e. The van der Waals surface area contributed by atoms with Crippen LogP contribution in [0.25, 0.3) is 0 Å². The molecule has 4 amide bonds. The highest BCUT2D eigenvalue weighted by Gasteiger charge is 2.54. The largest absolute Gasteiger partial charge is 0.497 e. The molecule has 0 bridgehead atoms. The normalized spacial score (nSPS) is 14.4. The Balaban J connectivity index is 1.68. The monoisotopic (exact) mass is 487 g/mol. The second-order valence-corrected chi connectivity index (χ2v) is 8.85. The number of benzene rings is 3. The number of rotatable bonds is 7. The van der Waals surface area contributed by atoms with E-state index in [4.69, 9.17) is 9.47 Å². The Morgan fingerprint density at radius 1 is 0.861 bits per heavy atom. The summed E-state index contributed by atoms with van der Waals surface area (Å²) < 4.78 is 10.5. The van der Waals surface area contributed by atoms with Crippen LogP contribution < -0.4 is 20.1 Å². The summed E-state index contributed by atoms with van der Waals surface area (Å²) >= 11 is 0. The maximum atomic E-state index is 13.9. The van der Waals surface area contributed by atoms with Crippen molar-refractivity contribution in [2.75, 3.05) is 26.1 Å². The van der Waals surface area contributed by atoms with Crippen LogP contribution in [0.15, 0.2) is 60.7 Å². The number of ether oxygens (including phenoxy) is 2. The molecule has 1 saturated heterocycles. The molecule has 186 valence electrons. The number of nitrogens with zero attached hydrogens (tertiary/aromatic N) is 1. The highest BCUT2D eigenvalue weighted by atomic mass is 16.5. The lowest BCUT2D eigenvalue weighted by Gasteiger charge is -2.28. The van der Waals surface area contributed by atoms with Crippen LogP contribution in [0.3, 0.4) is 0 Å². The van der Waals surface area contributed by atoms with Gasteiger partial charge in [-0.3, -0.25) is 14.5 Å². The number of urea groups is 1. The molecule has 0 radical (unpaired) electrons. The van der Waals surface area contributed by atoms with Gasteiger partial charge in [-0.25, -0.2) is 4.79 Å². The molecule has 3 aromatic rings. The van der Waals surface area contributed by atoms with Crippen LogP contribution in [0.1, 0.15) is 27.8 Å². The fraction of sp³-hybridized carbons (Fsp3) is 0.250. The summed E-state index contributed by atoms with van der Waals surface area (Å²) in [6, 6.07) is 17.1. The van der Waals surface area contributed by atoms with Crippen molar-refractivity contribution in [1.29, 1.82) is 0 Å². The van der Waals surface area contributed by atoms with Crippen LogP contribution in [0, 0.1) is 20.8 Å². The smallest absolute Gasteiger partial charge is 0.326 e. The van der Waals surface area contributed by atoms with Crippen molar-refractivity contribution in [2.24, 2.45) is 0 Å². The second-order valence-electron chi connectivity index (χ2n) is 8.85. The third kappa shape index (κ3) is 4.37. The van der Waals surface area contributed by atoms with Crippen molar-refractivity contribution in [3.63, 3.8) is 0 Å². The van der Waals surface area contributed by atoms with Gasteiger partial charge in [-0.05, 0) is 67.3 Å². The molecule has 2 N–H and O–H groups in total. The summed E-state index contributed by atoms with van der Waals surface area (Å²) in [6.07, 6.45) is 0. The first-order valence-electron chi connectivity index (χ1n) is 11.5. The zero-order chi connectivity index (χ0) is 26.0. The predicted octanol–water partition coefficient (Wildman–Crippen LogP) is 4.06. The molecule has 36 heavy (non-hydrogen) atoms. The maximum absolute atomic E-state index is 13.9. The van der Waals surface area contributed by atoms with E-state index in [1.165, 1.54) is 0 Å². The topological polar surface area (TPSA) is 97.0 Å². The molecule has 0 spiro atoms. The van der Waals surface area contributed by atoms with Gasteiger partial charge in [0.2, 0.25) is 5.91 Å². The van der Waals surface area contributed by atoms with Gasteiger partial charge in [0.1, 0.15) is 18.0 Å². The number of amides is 4. The average Bonchev–Trinajstić information content (AvgIpc) is 3.12. The van der Waals surface area contributed by atoms with Gasteiger partial charge in [-0.2, -0.15) is 0 Å². The fourth-order valence-electron chi connectivity index (χ4n) is 4.66. The van der Waals surface area contributed by atoms with Gasteiger partial charge in [-0.1, -0.05) is 42.0 Å². The first-order chi connectivity index (χ1) is 17.2. The Bertz CT molecular complexity index is 1250. The Hall–Kier alpha value is -4.33. The third-order valence-electron chi connectivity index (χ3n) is 6.39. The standard InChI is InChI=1S/C28H29N3O5/c1-17-14-18(2)25(19(3)15-17)29-24(32)16-31-26(33)28(30-27(31)34,20-6-10-22(35-4)11-7-20)21-8-12-23(36-5)13-9-21/h6-15H,16H2,1-5H3,(H,29,32)(H,30,34). The number of carbonyl (C=O) groups is 3. The van der Waals surface area contributed by atoms with E-state index in [9.17, 15) is 14.4 Å². The lowest BCUT2D eigenvalue weighted by atomic mass is 9.82. The Morgan fingerprint density at radius 3 is 1.78 bits per heavy atom. The molecule has 0 aliphatic carbocycles. The molecule has 0 unspecified atom stereocenters. The molecule has 0 aromatic heterocycles. The number of imide groups is 1. The molecule has 1 aliphatic heterocycles. The summed E-state index contributed by atoms with van der Waals surface area (Å²) in [6.45, 7) is 5.37. The van der Waals surface area contributed by atoms with Crippen molar-refractivity contribution in [2.45, 2.75) is 26.3 Å². The molecular weight excluding hydrogens is 458 g/mol. The van der Waals surface area contributed by atoms with Crippen molar-refractivity contribution in [3.05, 3.63) is 88.5 Å². The molecule has 0 atom stereocenters. The fourth-order valence-corrected chi connectivity index (χ4v) is 4.66. The lowest BCUT2D eigenvalue weighted by molar-refractivity contribution is -0.133. The number of hydrogen-bond donors (Lipinski definition) is 2. The van der Waals surface area contributed by atoms with Gasteiger partial charge in [-0.15, -0.1) is 0 Å². The first-order valence-corrected chi connectivity index (χ1v) is 11.5.